The van der Waals surface area contributed by atoms with Crippen molar-refractivity contribution in [2.24, 2.45) is 0 Å². The zero-order valence-corrected chi connectivity index (χ0v) is 75.3. The van der Waals surface area contributed by atoms with Gasteiger partial charge >= 0.3 is 0 Å². The first-order valence-corrected chi connectivity index (χ1v) is 37.2. The van der Waals surface area contributed by atoms with Gasteiger partial charge < -0.3 is 29.5 Å². The maximum atomic E-state index is 4.75. The van der Waals surface area contributed by atoms with Gasteiger partial charge in [0.15, 0.2) is 0 Å². The first-order valence-electron chi connectivity index (χ1n) is 37.2. The summed E-state index contributed by atoms with van der Waals surface area (Å²) < 4.78 is 2.37. The fourth-order valence-corrected chi connectivity index (χ4v) is 12.8. The molecule has 0 aliphatic heterocycles. The molecular formula is C100H89Ir5N6-5. The topological polar surface area (TPSA) is 69.4 Å². The van der Waals surface area contributed by atoms with Gasteiger partial charge in [0.05, 0.1) is 11.0 Å². The third-order valence-electron chi connectivity index (χ3n) is 18.7. The van der Waals surface area contributed by atoms with Crippen molar-refractivity contribution in [1.29, 1.82) is 0 Å². The third-order valence-corrected chi connectivity index (χ3v) is 18.7. The standard InChI is InChI=1S/C39H31N2.C19H16N.C15H16N.C14H14N.C13H12N.5Ir/c1-2-3-11-28-22-23-37(40-27-28)33-16-9-14-31(25-33)29-12-8-13-30(24-29)32-15-10-17-34(26-32)41-38-20-6-4-18-35(38)36-19-5-7-21-39(36)41;1-14-11-12-19(20-13-14)18-10-6-9-17(15(18)2)16-7-4-3-5-8-16;1-2-3-6-13-8-10-14(11-9-13)15-7-4-5-12-16-15;1-2-5-12-7-9-13(10-8-12)14-6-3-4-11-15-14;1-2-11-6-8-12(9-7-11)13-5-3-4-10-14-13;;;;;/h4-10,12-15,17-27H,2-3,11H2,1H3;3-9,11-13H,1-2H3;4-5,7-10,12H,2-3,6H2,1H3;3-4,6-9,11H,2,5H2,1H3;3-8,10H,2H2,1H3;;;;;/q5*-1;;;;;. The number of pyridine rings is 5. The van der Waals surface area contributed by atoms with Gasteiger partial charge in [-0.3, -0.25) is 0 Å². The Morgan fingerprint density at radius 2 is 0.775 bits per heavy atom. The summed E-state index contributed by atoms with van der Waals surface area (Å²) in [5.74, 6) is 0. The van der Waals surface area contributed by atoms with E-state index in [1.54, 1.807) is 6.20 Å². The van der Waals surface area contributed by atoms with Crippen LogP contribution in [0.15, 0.2) is 322 Å². The van der Waals surface area contributed by atoms with Gasteiger partial charge in [-0.15, -0.1) is 171 Å². The molecule has 0 unspecified atom stereocenters. The van der Waals surface area contributed by atoms with Crippen molar-refractivity contribution in [3.63, 3.8) is 0 Å². The van der Waals surface area contributed by atoms with Crippen molar-refractivity contribution in [3.8, 4) is 95.4 Å². The van der Waals surface area contributed by atoms with Crippen LogP contribution in [0.25, 0.3) is 117 Å². The maximum Gasteiger partial charge on any atom is 0.0541 e. The van der Waals surface area contributed by atoms with Crippen LogP contribution in [0, 0.1) is 44.2 Å². The van der Waals surface area contributed by atoms with E-state index >= 15 is 0 Å². The van der Waals surface area contributed by atoms with E-state index in [-0.39, 0.29) is 101 Å². The molecule has 0 bridgehead atoms. The van der Waals surface area contributed by atoms with Gasteiger partial charge in [-0.05, 0) is 130 Å². The largest absolute Gasteiger partial charge is 0.309 e. The summed E-state index contributed by atoms with van der Waals surface area (Å²) in [6.45, 7) is 12.9. The Labute approximate surface area is 725 Å². The third kappa shape index (κ3) is 24.7. The summed E-state index contributed by atoms with van der Waals surface area (Å²) in [7, 11) is 0. The van der Waals surface area contributed by atoms with Crippen molar-refractivity contribution in [3.05, 3.63) is 386 Å². The van der Waals surface area contributed by atoms with E-state index < -0.39 is 0 Å². The van der Waals surface area contributed by atoms with Crippen LogP contribution < -0.4 is 0 Å². The number of nitrogens with zero attached hydrogens (tertiary/aromatic N) is 6. The molecule has 16 rings (SSSR count). The molecule has 0 aliphatic carbocycles. The quantitative estimate of drug-likeness (QED) is 0.0801. The summed E-state index contributed by atoms with van der Waals surface area (Å²) in [5.41, 5.74) is 28.7. The summed E-state index contributed by atoms with van der Waals surface area (Å²) in [4.78, 5) is 22.1. The Hall–Kier alpha value is -9.00. The molecule has 111 heavy (non-hydrogen) atoms. The molecule has 0 fully saturated rings. The minimum absolute atomic E-state index is 0. The first-order chi connectivity index (χ1) is 52.2. The van der Waals surface area contributed by atoms with Crippen molar-refractivity contribution >= 4 is 21.8 Å². The Bertz CT molecular complexity index is 5300. The van der Waals surface area contributed by atoms with Crippen LogP contribution in [-0.2, 0) is 126 Å². The molecule has 0 saturated carbocycles. The minimum Gasteiger partial charge on any atom is -0.309 e. The number of hydrogen-bond donors (Lipinski definition) is 0. The van der Waals surface area contributed by atoms with Crippen LogP contribution in [0.2, 0.25) is 0 Å². The molecule has 16 aromatic rings. The summed E-state index contributed by atoms with van der Waals surface area (Å²) in [6.07, 6.45) is 19.8. The number of benzene rings is 10. The minimum atomic E-state index is 0. The predicted octanol–water partition coefficient (Wildman–Crippen LogP) is 25.6. The maximum absolute atomic E-state index is 4.75. The molecule has 0 aliphatic rings. The fourth-order valence-electron chi connectivity index (χ4n) is 12.8. The van der Waals surface area contributed by atoms with E-state index in [4.69, 9.17) is 4.98 Å². The number of aryl methyl sites for hydroxylation is 5. The van der Waals surface area contributed by atoms with Gasteiger partial charge in [-0.1, -0.05) is 243 Å². The van der Waals surface area contributed by atoms with Crippen molar-refractivity contribution in [1.82, 2.24) is 29.5 Å². The van der Waals surface area contributed by atoms with Crippen molar-refractivity contribution in [2.45, 2.75) is 99.3 Å². The molecule has 0 N–H and O–H groups in total. The van der Waals surface area contributed by atoms with Crippen LogP contribution in [0.3, 0.4) is 0 Å². The van der Waals surface area contributed by atoms with Gasteiger partial charge in [0.1, 0.15) is 0 Å². The second-order valence-electron chi connectivity index (χ2n) is 26.3. The van der Waals surface area contributed by atoms with Crippen molar-refractivity contribution < 1.29 is 101 Å². The van der Waals surface area contributed by atoms with Gasteiger partial charge in [-0.25, -0.2) is 0 Å². The summed E-state index contributed by atoms with van der Waals surface area (Å²) in [6, 6.07) is 118. The molecule has 0 amide bonds. The van der Waals surface area contributed by atoms with Crippen LogP contribution in [0.4, 0.5) is 0 Å². The molecule has 5 radical (unpaired) electrons. The van der Waals surface area contributed by atoms with E-state index in [1.165, 1.54) is 115 Å². The van der Waals surface area contributed by atoms with E-state index in [0.717, 1.165) is 93.2 Å². The summed E-state index contributed by atoms with van der Waals surface area (Å²) in [5, 5.41) is 2.55. The fraction of sp³-hybridized carbons (Fsp3) is 0.150. The molecule has 0 saturated heterocycles. The van der Waals surface area contributed by atoms with E-state index in [0.29, 0.717) is 0 Å². The number of fused-ring (bicyclic) bond motifs is 3. The number of hydrogen-bond acceptors (Lipinski definition) is 5. The van der Waals surface area contributed by atoms with Crippen LogP contribution in [0.1, 0.15) is 93.2 Å². The number of para-hydroxylation sites is 2. The number of rotatable bonds is 18. The Balaban J connectivity index is 0.000000207. The van der Waals surface area contributed by atoms with Gasteiger partial charge in [-0.2, -0.15) is 0 Å². The van der Waals surface area contributed by atoms with E-state index in [2.05, 4.69) is 302 Å². The average Bonchev–Trinajstić information content (AvgIpc) is 1.60. The van der Waals surface area contributed by atoms with E-state index in [1.807, 2.05) is 111 Å². The molecule has 11 heteroatoms. The second-order valence-corrected chi connectivity index (χ2v) is 26.3. The number of unbranched alkanes of at least 4 members (excludes halogenated alkanes) is 2. The normalized spacial score (nSPS) is 10.2. The molecule has 0 atom stereocenters. The molecule has 569 valence electrons. The molecule has 6 heterocycles. The van der Waals surface area contributed by atoms with E-state index in [9.17, 15) is 0 Å². The second kappa shape index (κ2) is 46.7. The molecule has 0 spiro atoms. The summed E-state index contributed by atoms with van der Waals surface area (Å²) >= 11 is 0. The van der Waals surface area contributed by atoms with Gasteiger partial charge in [0.25, 0.3) is 0 Å². The monoisotopic (exact) mass is 2340 g/mol. The molecule has 10 aromatic carbocycles. The molecule has 6 nitrogen and oxygen atoms in total. The Morgan fingerprint density at radius 3 is 1.27 bits per heavy atom. The smallest absolute Gasteiger partial charge is 0.0541 e. The first kappa shape index (κ1) is 89.2. The SMILES string of the molecule is CCCCc1c[c-]c(-c2ccccn2)cc1.CCCCc1ccc(-c2[c-]ccc(-c3cccc(-c4cccc(-n5c6ccccc6c6ccccc65)c4)c3)c2)nc1.CCCc1c[c-]c(-c2ccccn2)cc1.CCc1c[c-]c(-c2ccccn2)cc1.Cc1ccc(-c2[c-]ccc(-c3ccccc3)c2C)nc1.[Ir].[Ir].[Ir].[Ir].[Ir]. The van der Waals surface area contributed by atoms with Crippen LogP contribution in [0.5, 0.6) is 0 Å². The number of aromatic nitrogens is 6. The van der Waals surface area contributed by atoms with Crippen molar-refractivity contribution in [2.75, 3.05) is 0 Å². The molecule has 6 aromatic heterocycles. The average molecular weight is 2340 g/mol. The zero-order chi connectivity index (χ0) is 73.1. The molecular weight excluding hydrogens is 2250 g/mol. The van der Waals surface area contributed by atoms with Crippen LogP contribution >= 0.6 is 0 Å². The Kier molecular flexibility index (Phi) is 37.6. The van der Waals surface area contributed by atoms with Gasteiger partial charge in [0.2, 0.25) is 0 Å². The zero-order valence-electron chi connectivity index (χ0n) is 63.3. The predicted molar refractivity (Wildman–Crippen MR) is 443 cm³/mol. The Morgan fingerprint density at radius 1 is 0.315 bits per heavy atom. The van der Waals surface area contributed by atoms with Crippen LogP contribution in [-0.4, -0.2) is 29.5 Å². The van der Waals surface area contributed by atoms with Gasteiger partial charge in [0, 0.05) is 148 Å².